The Kier molecular flexibility index (Phi) is 3.92. The van der Waals surface area contributed by atoms with Crippen LogP contribution in [0.5, 0.6) is 0 Å². The van der Waals surface area contributed by atoms with Gasteiger partial charge >= 0.3 is 0 Å². The molecule has 112 valence electrons. The lowest BCUT2D eigenvalue weighted by molar-refractivity contribution is 0.0953. The fourth-order valence-electron chi connectivity index (χ4n) is 2.48. The summed E-state index contributed by atoms with van der Waals surface area (Å²) in [5.74, 6) is 0.634. The summed E-state index contributed by atoms with van der Waals surface area (Å²) in [5.41, 5.74) is 4.49. The standard InChI is InChI=1S/C18H18N2O2/c1-12-5-3-4-6-15(12)18(21)19-10-9-14-7-8-16-17(11-14)22-13(2)20-16/h3-8,11H,9-10H2,1-2H3,(H,19,21). The first-order valence-electron chi connectivity index (χ1n) is 7.33. The van der Waals surface area contributed by atoms with Crippen LogP contribution in [0.15, 0.2) is 46.9 Å². The highest BCUT2D eigenvalue weighted by atomic mass is 16.3. The largest absolute Gasteiger partial charge is 0.441 e. The first-order valence-corrected chi connectivity index (χ1v) is 7.33. The molecule has 0 radical (unpaired) electrons. The van der Waals surface area contributed by atoms with Crippen molar-refractivity contribution in [2.75, 3.05) is 6.54 Å². The minimum Gasteiger partial charge on any atom is -0.441 e. The number of fused-ring (bicyclic) bond motifs is 1. The molecule has 4 heteroatoms. The maximum Gasteiger partial charge on any atom is 0.251 e. The summed E-state index contributed by atoms with van der Waals surface area (Å²) in [4.78, 5) is 16.4. The van der Waals surface area contributed by atoms with Gasteiger partial charge in [0, 0.05) is 19.0 Å². The van der Waals surface area contributed by atoms with E-state index in [1.165, 1.54) is 0 Å². The van der Waals surface area contributed by atoms with E-state index in [1.54, 1.807) is 0 Å². The topological polar surface area (TPSA) is 55.1 Å². The van der Waals surface area contributed by atoms with Crippen LogP contribution in [0.1, 0.15) is 27.4 Å². The van der Waals surface area contributed by atoms with Gasteiger partial charge in [0.15, 0.2) is 11.5 Å². The summed E-state index contributed by atoms with van der Waals surface area (Å²) >= 11 is 0. The smallest absolute Gasteiger partial charge is 0.251 e. The molecule has 0 aliphatic rings. The Morgan fingerprint density at radius 3 is 2.82 bits per heavy atom. The summed E-state index contributed by atoms with van der Waals surface area (Å²) in [7, 11) is 0. The summed E-state index contributed by atoms with van der Waals surface area (Å²) < 4.78 is 5.52. The predicted molar refractivity (Wildman–Crippen MR) is 86.0 cm³/mol. The number of nitrogens with one attached hydrogen (secondary N) is 1. The highest BCUT2D eigenvalue weighted by Crippen LogP contribution is 2.17. The molecule has 1 aromatic heterocycles. The fourth-order valence-corrected chi connectivity index (χ4v) is 2.48. The summed E-state index contributed by atoms with van der Waals surface area (Å²) in [5, 5.41) is 2.96. The molecule has 1 amide bonds. The SMILES string of the molecule is Cc1nc2ccc(CCNC(=O)c3ccccc3C)cc2o1. The Morgan fingerprint density at radius 1 is 1.18 bits per heavy atom. The average molecular weight is 294 g/mol. The monoisotopic (exact) mass is 294 g/mol. The number of rotatable bonds is 4. The highest BCUT2D eigenvalue weighted by molar-refractivity contribution is 5.95. The zero-order valence-electron chi connectivity index (χ0n) is 12.7. The van der Waals surface area contributed by atoms with Gasteiger partial charge in [0.25, 0.3) is 5.91 Å². The molecule has 1 N–H and O–H groups in total. The number of carbonyl (C=O) groups is 1. The van der Waals surface area contributed by atoms with Gasteiger partial charge in [-0.1, -0.05) is 24.3 Å². The Morgan fingerprint density at radius 2 is 2.00 bits per heavy atom. The van der Waals surface area contributed by atoms with Crippen molar-refractivity contribution in [1.82, 2.24) is 10.3 Å². The van der Waals surface area contributed by atoms with Crippen molar-refractivity contribution in [3.05, 3.63) is 65.0 Å². The van der Waals surface area contributed by atoms with Crippen LogP contribution in [-0.4, -0.2) is 17.4 Å². The van der Waals surface area contributed by atoms with E-state index in [1.807, 2.05) is 56.3 Å². The molecule has 0 unspecified atom stereocenters. The first kappa shape index (κ1) is 14.3. The zero-order chi connectivity index (χ0) is 15.5. The Balaban J connectivity index is 1.62. The molecule has 22 heavy (non-hydrogen) atoms. The van der Waals surface area contributed by atoms with E-state index in [-0.39, 0.29) is 5.91 Å². The van der Waals surface area contributed by atoms with Crippen molar-refractivity contribution in [3.8, 4) is 0 Å². The van der Waals surface area contributed by atoms with Gasteiger partial charge < -0.3 is 9.73 Å². The highest BCUT2D eigenvalue weighted by Gasteiger charge is 2.08. The minimum absolute atomic E-state index is 0.0327. The number of oxazole rings is 1. The molecule has 0 bridgehead atoms. The van der Waals surface area contributed by atoms with E-state index in [2.05, 4.69) is 10.3 Å². The van der Waals surface area contributed by atoms with Gasteiger partial charge in [0.1, 0.15) is 5.52 Å². The molecule has 3 aromatic rings. The molecule has 0 saturated heterocycles. The summed E-state index contributed by atoms with van der Waals surface area (Å²) in [6.45, 7) is 4.36. The molecule has 3 rings (SSSR count). The van der Waals surface area contributed by atoms with Gasteiger partial charge in [-0.2, -0.15) is 0 Å². The number of aryl methyl sites for hydroxylation is 2. The molecule has 1 heterocycles. The van der Waals surface area contributed by atoms with Crippen LogP contribution in [-0.2, 0) is 6.42 Å². The number of hydrogen-bond acceptors (Lipinski definition) is 3. The van der Waals surface area contributed by atoms with Crippen molar-refractivity contribution < 1.29 is 9.21 Å². The number of carbonyl (C=O) groups excluding carboxylic acids is 1. The van der Waals surface area contributed by atoms with Gasteiger partial charge in [-0.05, 0) is 42.7 Å². The van der Waals surface area contributed by atoms with Crippen molar-refractivity contribution >= 4 is 17.0 Å². The van der Waals surface area contributed by atoms with E-state index < -0.39 is 0 Å². The van der Waals surface area contributed by atoms with E-state index in [4.69, 9.17) is 4.42 Å². The Labute approximate surface area is 129 Å². The van der Waals surface area contributed by atoms with E-state index in [0.717, 1.165) is 34.2 Å². The van der Waals surface area contributed by atoms with Gasteiger partial charge in [-0.25, -0.2) is 4.98 Å². The zero-order valence-corrected chi connectivity index (χ0v) is 12.7. The minimum atomic E-state index is -0.0327. The molecule has 0 saturated carbocycles. The lowest BCUT2D eigenvalue weighted by Gasteiger charge is -2.07. The van der Waals surface area contributed by atoms with Crippen molar-refractivity contribution in [1.29, 1.82) is 0 Å². The molecular weight excluding hydrogens is 276 g/mol. The van der Waals surface area contributed by atoms with Gasteiger partial charge in [-0.3, -0.25) is 4.79 Å². The lowest BCUT2D eigenvalue weighted by Crippen LogP contribution is -2.26. The second-order valence-corrected chi connectivity index (χ2v) is 5.36. The molecule has 2 aromatic carbocycles. The molecule has 0 aliphatic heterocycles. The third-order valence-electron chi connectivity index (χ3n) is 3.65. The van der Waals surface area contributed by atoms with E-state index in [9.17, 15) is 4.79 Å². The summed E-state index contributed by atoms with van der Waals surface area (Å²) in [6, 6.07) is 13.5. The Hall–Kier alpha value is -2.62. The molecule has 0 atom stereocenters. The van der Waals surface area contributed by atoms with Gasteiger partial charge in [0.05, 0.1) is 0 Å². The molecule has 0 aliphatic carbocycles. The second kappa shape index (κ2) is 6.02. The Bertz CT molecular complexity index is 821. The van der Waals surface area contributed by atoms with Crippen LogP contribution < -0.4 is 5.32 Å². The van der Waals surface area contributed by atoms with Crippen molar-refractivity contribution in [2.24, 2.45) is 0 Å². The van der Waals surface area contributed by atoms with Crippen LogP contribution >= 0.6 is 0 Å². The van der Waals surface area contributed by atoms with Crippen molar-refractivity contribution in [3.63, 3.8) is 0 Å². The van der Waals surface area contributed by atoms with Crippen LogP contribution in [0, 0.1) is 13.8 Å². The van der Waals surface area contributed by atoms with Crippen molar-refractivity contribution in [2.45, 2.75) is 20.3 Å². The van der Waals surface area contributed by atoms with Crippen LogP contribution in [0.3, 0.4) is 0 Å². The molecule has 4 nitrogen and oxygen atoms in total. The van der Waals surface area contributed by atoms with Crippen LogP contribution in [0.2, 0.25) is 0 Å². The predicted octanol–water partition coefficient (Wildman–Crippen LogP) is 3.42. The number of hydrogen-bond donors (Lipinski definition) is 1. The van der Waals surface area contributed by atoms with Crippen LogP contribution in [0.4, 0.5) is 0 Å². The molecule has 0 spiro atoms. The summed E-state index contributed by atoms with van der Waals surface area (Å²) in [6.07, 6.45) is 0.757. The van der Waals surface area contributed by atoms with E-state index >= 15 is 0 Å². The average Bonchev–Trinajstić information content (AvgIpc) is 2.87. The van der Waals surface area contributed by atoms with E-state index in [0.29, 0.717) is 12.4 Å². The third-order valence-corrected chi connectivity index (χ3v) is 3.65. The lowest BCUT2D eigenvalue weighted by atomic mass is 10.1. The number of aromatic nitrogens is 1. The van der Waals surface area contributed by atoms with Gasteiger partial charge in [0.2, 0.25) is 0 Å². The maximum absolute atomic E-state index is 12.1. The van der Waals surface area contributed by atoms with Crippen LogP contribution in [0.25, 0.3) is 11.1 Å². The molecular formula is C18H18N2O2. The number of benzene rings is 2. The molecule has 0 fully saturated rings. The quantitative estimate of drug-likeness (QED) is 0.802. The van der Waals surface area contributed by atoms with Gasteiger partial charge in [-0.15, -0.1) is 0 Å². The fraction of sp³-hybridized carbons (Fsp3) is 0.222. The first-order chi connectivity index (χ1) is 10.6. The second-order valence-electron chi connectivity index (χ2n) is 5.36. The third kappa shape index (κ3) is 3.01. The number of amides is 1. The maximum atomic E-state index is 12.1. The number of nitrogens with zero attached hydrogens (tertiary/aromatic N) is 1. The normalized spacial score (nSPS) is 10.8.